The molecule has 1 aromatic heterocycles. The van der Waals surface area contributed by atoms with Gasteiger partial charge in [-0.3, -0.25) is 10.1 Å². The summed E-state index contributed by atoms with van der Waals surface area (Å²) in [4.78, 5) is 10.1. The van der Waals surface area contributed by atoms with Crippen molar-refractivity contribution in [2.45, 2.75) is 0 Å². The van der Waals surface area contributed by atoms with Gasteiger partial charge in [0.05, 0.1) is 10.6 Å². The third-order valence-electron chi connectivity index (χ3n) is 2.30. The molecular weight excluding hydrogens is 339 g/mol. The standard InChI is InChI=1S/C10H6BrClN4O3/c11-8-3-6(10(12)14-17)1-2-9(8)15-5-7(4-13-15)16(18)19/h1-5,17H. The van der Waals surface area contributed by atoms with Gasteiger partial charge in [-0.25, -0.2) is 4.68 Å². The van der Waals surface area contributed by atoms with E-state index in [0.29, 0.717) is 15.7 Å². The third-order valence-corrected chi connectivity index (χ3v) is 3.23. The van der Waals surface area contributed by atoms with Crippen molar-refractivity contribution in [2.75, 3.05) is 0 Å². The predicted molar refractivity (Wildman–Crippen MR) is 72.1 cm³/mol. The van der Waals surface area contributed by atoms with Crippen molar-refractivity contribution in [3.63, 3.8) is 0 Å². The molecule has 0 aliphatic heterocycles. The van der Waals surface area contributed by atoms with Crippen LogP contribution in [0, 0.1) is 10.1 Å². The summed E-state index contributed by atoms with van der Waals surface area (Å²) < 4.78 is 1.96. The minimum absolute atomic E-state index is 0.0568. The van der Waals surface area contributed by atoms with Crippen LogP contribution in [0.25, 0.3) is 5.69 Å². The molecule has 1 heterocycles. The lowest BCUT2D eigenvalue weighted by molar-refractivity contribution is -0.384. The molecular formula is C10H6BrClN4O3. The zero-order valence-corrected chi connectivity index (χ0v) is 11.5. The van der Waals surface area contributed by atoms with Crippen LogP contribution in [-0.4, -0.2) is 25.1 Å². The number of nitro groups is 1. The van der Waals surface area contributed by atoms with E-state index >= 15 is 0 Å². The molecule has 0 spiro atoms. The maximum Gasteiger partial charge on any atom is 0.307 e. The van der Waals surface area contributed by atoms with Crippen LogP contribution in [-0.2, 0) is 0 Å². The van der Waals surface area contributed by atoms with Crippen molar-refractivity contribution >= 4 is 38.4 Å². The quantitative estimate of drug-likeness (QED) is 0.400. The first-order chi connectivity index (χ1) is 9.02. The van der Waals surface area contributed by atoms with E-state index in [0.717, 1.165) is 6.20 Å². The van der Waals surface area contributed by atoms with Gasteiger partial charge < -0.3 is 5.21 Å². The number of nitrogens with zero attached hydrogens (tertiary/aromatic N) is 4. The number of hydrogen-bond donors (Lipinski definition) is 1. The molecule has 0 radical (unpaired) electrons. The molecule has 0 unspecified atom stereocenters. The zero-order chi connectivity index (χ0) is 14.0. The van der Waals surface area contributed by atoms with Gasteiger partial charge in [-0.1, -0.05) is 16.8 Å². The maximum absolute atomic E-state index is 10.6. The van der Waals surface area contributed by atoms with Crippen LogP contribution < -0.4 is 0 Å². The minimum atomic E-state index is -0.527. The van der Waals surface area contributed by atoms with Crippen LogP contribution in [0.3, 0.4) is 0 Å². The summed E-state index contributed by atoms with van der Waals surface area (Å²) in [5.41, 5.74) is 0.992. The summed E-state index contributed by atoms with van der Waals surface area (Å²) in [6.45, 7) is 0. The molecule has 9 heteroatoms. The van der Waals surface area contributed by atoms with Crippen molar-refractivity contribution in [3.8, 4) is 5.69 Å². The van der Waals surface area contributed by atoms with E-state index in [1.807, 2.05) is 0 Å². The van der Waals surface area contributed by atoms with E-state index in [2.05, 4.69) is 26.2 Å². The number of rotatable bonds is 3. The molecule has 0 fully saturated rings. The lowest BCUT2D eigenvalue weighted by Gasteiger charge is -2.05. The number of halogens is 2. The minimum Gasteiger partial charge on any atom is -0.410 e. The molecule has 19 heavy (non-hydrogen) atoms. The van der Waals surface area contributed by atoms with Crippen LogP contribution in [0.15, 0.2) is 40.2 Å². The van der Waals surface area contributed by atoms with Gasteiger partial charge in [0, 0.05) is 10.0 Å². The summed E-state index contributed by atoms with van der Waals surface area (Å²) in [6.07, 6.45) is 2.45. The van der Waals surface area contributed by atoms with Gasteiger partial charge in [0.2, 0.25) is 0 Å². The molecule has 2 aromatic rings. The van der Waals surface area contributed by atoms with E-state index < -0.39 is 4.92 Å². The Morgan fingerprint density at radius 3 is 2.84 bits per heavy atom. The maximum atomic E-state index is 10.6. The summed E-state index contributed by atoms with van der Waals surface area (Å²) >= 11 is 8.98. The number of benzene rings is 1. The van der Waals surface area contributed by atoms with Crippen LogP contribution in [0.1, 0.15) is 5.56 Å². The second-order valence-electron chi connectivity index (χ2n) is 3.46. The molecule has 0 aliphatic carbocycles. The highest BCUT2D eigenvalue weighted by Crippen LogP contribution is 2.24. The Labute approximate surface area is 120 Å². The second kappa shape index (κ2) is 5.37. The zero-order valence-electron chi connectivity index (χ0n) is 9.20. The smallest absolute Gasteiger partial charge is 0.307 e. The summed E-state index contributed by atoms with van der Waals surface area (Å²) in [6, 6.07) is 4.87. The van der Waals surface area contributed by atoms with Gasteiger partial charge in [-0.05, 0) is 34.1 Å². The van der Waals surface area contributed by atoms with Gasteiger partial charge in [0.1, 0.15) is 12.4 Å². The van der Waals surface area contributed by atoms with E-state index in [9.17, 15) is 10.1 Å². The predicted octanol–water partition coefficient (Wildman–Crippen LogP) is 2.92. The highest BCUT2D eigenvalue weighted by Gasteiger charge is 2.12. The van der Waals surface area contributed by atoms with Crippen LogP contribution in [0.4, 0.5) is 5.69 Å². The topological polar surface area (TPSA) is 93.5 Å². The third kappa shape index (κ3) is 2.74. The first kappa shape index (κ1) is 13.5. The SMILES string of the molecule is O=[N+]([O-])c1cnn(-c2ccc(C(Cl)=NO)cc2Br)c1. The molecule has 2 rings (SSSR count). The largest absolute Gasteiger partial charge is 0.410 e. The van der Waals surface area contributed by atoms with E-state index in [1.165, 1.54) is 10.9 Å². The van der Waals surface area contributed by atoms with Crippen molar-refractivity contribution in [3.05, 3.63) is 50.7 Å². The van der Waals surface area contributed by atoms with E-state index in [4.69, 9.17) is 16.8 Å². The summed E-state index contributed by atoms with van der Waals surface area (Å²) in [5, 5.41) is 25.9. The fraction of sp³-hybridized carbons (Fsp3) is 0. The average Bonchev–Trinajstić information content (AvgIpc) is 2.87. The van der Waals surface area contributed by atoms with Gasteiger partial charge >= 0.3 is 5.69 Å². The first-order valence-corrected chi connectivity index (χ1v) is 6.07. The average molecular weight is 346 g/mol. The molecule has 0 bridgehead atoms. The van der Waals surface area contributed by atoms with Gasteiger partial charge in [0.25, 0.3) is 0 Å². The monoisotopic (exact) mass is 344 g/mol. The summed E-state index contributed by atoms with van der Waals surface area (Å²) in [7, 11) is 0. The fourth-order valence-corrected chi connectivity index (χ4v) is 2.10. The van der Waals surface area contributed by atoms with Crippen LogP contribution >= 0.6 is 27.5 Å². The molecule has 1 aromatic carbocycles. The lowest BCUT2D eigenvalue weighted by atomic mass is 10.2. The Kier molecular flexibility index (Phi) is 3.82. The summed E-state index contributed by atoms with van der Waals surface area (Å²) in [5.74, 6) is 0. The van der Waals surface area contributed by atoms with Crippen molar-refractivity contribution in [1.82, 2.24) is 9.78 Å². The Bertz CT molecular complexity index is 671. The van der Waals surface area contributed by atoms with Gasteiger partial charge in [-0.2, -0.15) is 5.10 Å². The van der Waals surface area contributed by atoms with Gasteiger partial charge in [-0.15, -0.1) is 0 Å². The number of aromatic nitrogens is 2. The molecule has 0 saturated heterocycles. The lowest BCUT2D eigenvalue weighted by Crippen LogP contribution is -1.98. The van der Waals surface area contributed by atoms with Crippen LogP contribution in [0.2, 0.25) is 0 Å². The molecule has 0 aliphatic rings. The molecule has 0 atom stereocenters. The Morgan fingerprint density at radius 1 is 1.58 bits per heavy atom. The van der Waals surface area contributed by atoms with Crippen molar-refractivity contribution in [2.24, 2.45) is 5.16 Å². The second-order valence-corrected chi connectivity index (χ2v) is 4.67. The molecule has 7 nitrogen and oxygen atoms in total. The molecule has 0 saturated carbocycles. The molecule has 98 valence electrons. The van der Waals surface area contributed by atoms with Crippen LogP contribution in [0.5, 0.6) is 0 Å². The normalized spacial score (nSPS) is 11.6. The molecule has 1 N–H and O–H groups in total. The first-order valence-electron chi connectivity index (χ1n) is 4.90. The van der Waals surface area contributed by atoms with Gasteiger partial charge in [0.15, 0.2) is 5.17 Å². The number of hydrogen-bond acceptors (Lipinski definition) is 5. The Morgan fingerprint density at radius 2 is 2.32 bits per heavy atom. The van der Waals surface area contributed by atoms with E-state index in [1.54, 1.807) is 18.2 Å². The Hall–Kier alpha value is -1.93. The van der Waals surface area contributed by atoms with Crippen molar-refractivity contribution < 1.29 is 10.1 Å². The highest BCUT2D eigenvalue weighted by atomic mass is 79.9. The Balaban J connectivity index is 2.43. The van der Waals surface area contributed by atoms with Crippen molar-refractivity contribution in [1.29, 1.82) is 0 Å². The fourth-order valence-electron chi connectivity index (χ4n) is 1.42. The molecule has 0 amide bonds. The number of oxime groups is 1. The van der Waals surface area contributed by atoms with E-state index in [-0.39, 0.29) is 10.9 Å². The highest BCUT2D eigenvalue weighted by molar-refractivity contribution is 9.10.